The number of para-hydroxylation sites is 1. The SMILES string of the molecule is COc1cccc2c1OCC(C(=O)N1CCCC1CN)=C2. The number of fused-ring (bicyclic) bond motifs is 1. The lowest BCUT2D eigenvalue weighted by molar-refractivity contribution is -0.128. The van der Waals surface area contributed by atoms with Crippen LogP contribution in [-0.2, 0) is 4.79 Å². The van der Waals surface area contributed by atoms with Crippen molar-refractivity contribution in [1.29, 1.82) is 0 Å². The number of rotatable bonds is 3. The maximum Gasteiger partial charge on any atom is 0.253 e. The maximum atomic E-state index is 12.6. The number of methoxy groups -OCH3 is 1. The van der Waals surface area contributed by atoms with Crippen LogP contribution in [0.15, 0.2) is 23.8 Å². The lowest BCUT2D eigenvalue weighted by atomic mass is 10.1. The fourth-order valence-electron chi connectivity index (χ4n) is 3.00. The van der Waals surface area contributed by atoms with Crippen molar-refractivity contribution in [2.45, 2.75) is 18.9 Å². The Morgan fingerprint density at radius 3 is 3.14 bits per heavy atom. The Labute approximate surface area is 124 Å². The molecule has 0 aliphatic carbocycles. The Kier molecular flexibility index (Phi) is 3.84. The van der Waals surface area contributed by atoms with E-state index in [4.69, 9.17) is 15.2 Å². The minimum absolute atomic E-state index is 0.0384. The highest BCUT2D eigenvalue weighted by atomic mass is 16.5. The molecule has 112 valence electrons. The summed E-state index contributed by atoms with van der Waals surface area (Å²) in [6.07, 6.45) is 3.91. The molecule has 1 atom stereocenters. The Hall–Kier alpha value is -2.01. The van der Waals surface area contributed by atoms with E-state index < -0.39 is 0 Å². The highest BCUT2D eigenvalue weighted by Gasteiger charge is 2.31. The van der Waals surface area contributed by atoms with Crippen molar-refractivity contribution in [2.75, 3.05) is 26.8 Å². The van der Waals surface area contributed by atoms with Crippen molar-refractivity contribution in [1.82, 2.24) is 4.90 Å². The number of likely N-dealkylation sites (tertiary alicyclic amines) is 1. The second-order valence-electron chi connectivity index (χ2n) is 5.37. The van der Waals surface area contributed by atoms with E-state index in [1.165, 1.54) is 0 Å². The average molecular weight is 288 g/mol. The summed E-state index contributed by atoms with van der Waals surface area (Å²) in [4.78, 5) is 14.5. The molecule has 0 saturated carbocycles. The molecule has 0 bridgehead atoms. The van der Waals surface area contributed by atoms with E-state index in [1.807, 2.05) is 29.2 Å². The molecule has 2 heterocycles. The molecule has 2 N–H and O–H groups in total. The van der Waals surface area contributed by atoms with Crippen LogP contribution in [0, 0.1) is 0 Å². The van der Waals surface area contributed by atoms with Crippen LogP contribution in [0.4, 0.5) is 0 Å². The number of nitrogens with two attached hydrogens (primary N) is 1. The molecule has 1 saturated heterocycles. The van der Waals surface area contributed by atoms with Crippen molar-refractivity contribution < 1.29 is 14.3 Å². The zero-order valence-corrected chi connectivity index (χ0v) is 12.2. The van der Waals surface area contributed by atoms with Crippen LogP contribution in [0.5, 0.6) is 11.5 Å². The van der Waals surface area contributed by atoms with Gasteiger partial charge in [0, 0.05) is 24.7 Å². The van der Waals surface area contributed by atoms with Crippen molar-refractivity contribution in [3.63, 3.8) is 0 Å². The van der Waals surface area contributed by atoms with E-state index in [1.54, 1.807) is 7.11 Å². The maximum absolute atomic E-state index is 12.6. The number of carbonyl (C=O) groups excluding carboxylic acids is 1. The number of hydrogen-bond donors (Lipinski definition) is 1. The van der Waals surface area contributed by atoms with Gasteiger partial charge in [0.25, 0.3) is 5.91 Å². The molecule has 2 aliphatic rings. The molecule has 21 heavy (non-hydrogen) atoms. The van der Waals surface area contributed by atoms with Crippen LogP contribution in [0.1, 0.15) is 18.4 Å². The Morgan fingerprint density at radius 2 is 2.38 bits per heavy atom. The molecular formula is C16H20N2O3. The number of hydrogen-bond acceptors (Lipinski definition) is 4. The fraction of sp³-hybridized carbons (Fsp3) is 0.438. The van der Waals surface area contributed by atoms with E-state index >= 15 is 0 Å². The Bertz CT molecular complexity index is 583. The first-order valence-electron chi connectivity index (χ1n) is 7.26. The molecule has 0 radical (unpaired) electrons. The normalized spacial score (nSPS) is 20.6. The van der Waals surface area contributed by atoms with Gasteiger partial charge in [0.2, 0.25) is 0 Å². The molecule has 0 spiro atoms. The summed E-state index contributed by atoms with van der Waals surface area (Å²) < 4.78 is 11.0. The van der Waals surface area contributed by atoms with Gasteiger partial charge < -0.3 is 20.1 Å². The Morgan fingerprint density at radius 1 is 1.52 bits per heavy atom. The monoisotopic (exact) mass is 288 g/mol. The van der Waals surface area contributed by atoms with Crippen LogP contribution in [0.25, 0.3) is 6.08 Å². The second-order valence-corrected chi connectivity index (χ2v) is 5.37. The van der Waals surface area contributed by atoms with Gasteiger partial charge in [-0.2, -0.15) is 0 Å². The lowest BCUT2D eigenvalue weighted by Crippen LogP contribution is -2.41. The molecule has 1 aromatic rings. The van der Waals surface area contributed by atoms with E-state index in [9.17, 15) is 4.79 Å². The quantitative estimate of drug-likeness (QED) is 0.913. The van der Waals surface area contributed by atoms with Crippen molar-refractivity contribution in [3.8, 4) is 11.5 Å². The standard InChI is InChI=1S/C16H20N2O3/c1-20-14-6-2-4-11-8-12(10-21-15(11)14)16(19)18-7-3-5-13(18)9-17/h2,4,6,8,13H,3,5,7,9-10,17H2,1H3. The fourth-order valence-corrected chi connectivity index (χ4v) is 3.00. The highest BCUT2D eigenvalue weighted by molar-refractivity contribution is 5.99. The molecule has 0 aromatic heterocycles. The molecule has 1 amide bonds. The summed E-state index contributed by atoms with van der Waals surface area (Å²) in [7, 11) is 1.61. The van der Waals surface area contributed by atoms with Gasteiger partial charge in [-0.3, -0.25) is 4.79 Å². The zero-order valence-electron chi connectivity index (χ0n) is 12.2. The number of carbonyl (C=O) groups is 1. The number of nitrogens with zero attached hydrogens (tertiary/aromatic N) is 1. The van der Waals surface area contributed by atoms with Gasteiger partial charge >= 0.3 is 0 Å². The van der Waals surface area contributed by atoms with E-state index in [0.717, 1.165) is 24.9 Å². The Balaban J connectivity index is 1.87. The summed E-state index contributed by atoms with van der Waals surface area (Å²) >= 11 is 0. The van der Waals surface area contributed by atoms with Crippen LogP contribution in [0.3, 0.4) is 0 Å². The van der Waals surface area contributed by atoms with Gasteiger partial charge in [-0.25, -0.2) is 0 Å². The summed E-state index contributed by atoms with van der Waals surface area (Å²) in [5.41, 5.74) is 7.30. The predicted molar refractivity (Wildman–Crippen MR) is 80.3 cm³/mol. The molecule has 1 unspecified atom stereocenters. The van der Waals surface area contributed by atoms with E-state index in [2.05, 4.69) is 0 Å². The van der Waals surface area contributed by atoms with E-state index in [0.29, 0.717) is 23.6 Å². The predicted octanol–water partition coefficient (Wildman–Crippen LogP) is 1.42. The largest absolute Gasteiger partial charge is 0.493 e. The van der Waals surface area contributed by atoms with Crippen molar-refractivity contribution in [2.24, 2.45) is 5.73 Å². The average Bonchev–Trinajstić information content (AvgIpc) is 3.01. The summed E-state index contributed by atoms with van der Waals surface area (Å²) in [5, 5.41) is 0. The first-order chi connectivity index (χ1) is 10.2. The second kappa shape index (κ2) is 5.77. The van der Waals surface area contributed by atoms with Gasteiger partial charge in [-0.05, 0) is 25.0 Å². The van der Waals surface area contributed by atoms with Crippen molar-refractivity contribution in [3.05, 3.63) is 29.3 Å². The third-order valence-corrected chi connectivity index (χ3v) is 4.12. The summed E-state index contributed by atoms with van der Waals surface area (Å²) in [6.45, 7) is 1.58. The van der Waals surface area contributed by atoms with Gasteiger partial charge in [-0.15, -0.1) is 0 Å². The van der Waals surface area contributed by atoms with Gasteiger partial charge in [0.05, 0.1) is 12.7 Å². The number of ether oxygens (including phenoxy) is 2. The first-order valence-corrected chi connectivity index (χ1v) is 7.26. The molecule has 3 rings (SSSR count). The third-order valence-electron chi connectivity index (χ3n) is 4.12. The van der Waals surface area contributed by atoms with Gasteiger partial charge in [0.1, 0.15) is 6.61 Å². The van der Waals surface area contributed by atoms with Crippen LogP contribution >= 0.6 is 0 Å². The summed E-state index contributed by atoms with van der Waals surface area (Å²) in [6, 6.07) is 5.83. The van der Waals surface area contributed by atoms with Gasteiger partial charge in [0.15, 0.2) is 11.5 Å². The summed E-state index contributed by atoms with van der Waals surface area (Å²) in [5.74, 6) is 1.43. The topological polar surface area (TPSA) is 64.8 Å². The molecule has 1 fully saturated rings. The van der Waals surface area contributed by atoms with E-state index in [-0.39, 0.29) is 18.6 Å². The minimum Gasteiger partial charge on any atom is -0.493 e. The number of benzene rings is 1. The van der Waals surface area contributed by atoms with Gasteiger partial charge in [-0.1, -0.05) is 12.1 Å². The lowest BCUT2D eigenvalue weighted by Gasteiger charge is -2.27. The minimum atomic E-state index is 0.0384. The zero-order chi connectivity index (χ0) is 14.8. The van der Waals surface area contributed by atoms with Crippen molar-refractivity contribution >= 4 is 12.0 Å². The molecule has 5 nitrogen and oxygen atoms in total. The molecular weight excluding hydrogens is 268 g/mol. The molecule has 2 aliphatic heterocycles. The highest BCUT2D eigenvalue weighted by Crippen LogP contribution is 2.36. The first kappa shape index (κ1) is 13.9. The van der Waals surface area contributed by atoms with Crippen LogP contribution in [-0.4, -0.2) is 43.7 Å². The smallest absolute Gasteiger partial charge is 0.253 e. The van der Waals surface area contributed by atoms with Crippen LogP contribution in [0.2, 0.25) is 0 Å². The molecule has 5 heteroatoms. The molecule has 1 aromatic carbocycles. The van der Waals surface area contributed by atoms with Crippen LogP contribution < -0.4 is 15.2 Å². The third kappa shape index (κ3) is 2.49. The number of amides is 1.